The largest absolute Gasteiger partial charge is 0.403 e. The first-order valence-electron chi connectivity index (χ1n) is 14.9. The van der Waals surface area contributed by atoms with Crippen LogP contribution in [0.2, 0.25) is 5.02 Å². The number of nitrogens with two attached hydrogens (primary N) is 2. The van der Waals surface area contributed by atoms with Crippen LogP contribution in [0.25, 0.3) is 28.0 Å². The van der Waals surface area contributed by atoms with Crippen LogP contribution in [0.5, 0.6) is 0 Å². The quantitative estimate of drug-likeness (QED) is 0.0532. The predicted molar refractivity (Wildman–Crippen MR) is 171 cm³/mol. The number of fused-ring (bicyclic) bond motifs is 1. The van der Waals surface area contributed by atoms with Gasteiger partial charge >= 0.3 is 11.9 Å². The number of hydrogen-bond acceptors (Lipinski definition) is 5. The number of nitrogens with one attached hydrogen (secondary N) is 2. The van der Waals surface area contributed by atoms with Gasteiger partial charge in [-0.05, 0) is 87.0 Å². The highest BCUT2D eigenvalue weighted by Gasteiger charge is 2.35. The van der Waals surface area contributed by atoms with Gasteiger partial charge in [-0.15, -0.1) is 0 Å². The van der Waals surface area contributed by atoms with Crippen molar-refractivity contribution in [2.75, 3.05) is 13.1 Å². The monoisotopic (exact) mass is 647 g/mol. The number of benzene rings is 2. The number of aryl methyl sites for hydroxylation is 1. The van der Waals surface area contributed by atoms with Crippen molar-refractivity contribution in [1.82, 2.24) is 19.9 Å². The Morgan fingerprint density at radius 3 is 2.56 bits per heavy atom. The van der Waals surface area contributed by atoms with Gasteiger partial charge in [0.2, 0.25) is 0 Å². The van der Waals surface area contributed by atoms with Gasteiger partial charge in [-0.25, -0.2) is 9.18 Å². The van der Waals surface area contributed by atoms with Crippen molar-refractivity contribution >= 4 is 28.5 Å². The van der Waals surface area contributed by atoms with Crippen LogP contribution >= 0.6 is 11.6 Å². The van der Waals surface area contributed by atoms with E-state index in [0.717, 1.165) is 31.4 Å². The zero-order valence-corrected chi connectivity index (χ0v) is 26.0. The second-order valence-electron chi connectivity index (χ2n) is 11.1. The summed E-state index contributed by atoms with van der Waals surface area (Å²) in [4.78, 5) is 24.4. The number of aromatic nitrogens is 3. The molecule has 4 rings (SSSR count). The third-order valence-electron chi connectivity index (χ3n) is 7.53. The van der Waals surface area contributed by atoms with Gasteiger partial charge in [0, 0.05) is 29.7 Å². The zero-order chi connectivity index (χ0) is 32.7. The SMILES string of the molecule is CCCC(NCCCN=C(C)N)c1ccc(-n2cc3cc(-c4cc(CCCC(N)C(F)(F)F)cc(Cl)c4F)[nH]c3nc2=O)cc1. The average molecular weight is 648 g/mol. The lowest BCUT2D eigenvalue weighted by Crippen LogP contribution is -2.37. The van der Waals surface area contributed by atoms with Crippen molar-refractivity contribution in [3.05, 3.63) is 81.1 Å². The molecule has 0 aliphatic rings. The fraction of sp³-hybridized carbons (Fsp3) is 0.406. The molecule has 0 saturated heterocycles. The van der Waals surface area contributed by atoms with Crippen LogP contribution in [0.1, 0.15) is 63.1 Å². The molecule has 45 heavy (non-hydrogen) atoms. The van der Waals surface area contributed by atoms with E-state index in [-0.39, 0.29) is 41.5 Å². The molecule has 2 aromatic heterocycles. The Morgan fingerprint density at radius 2 is 1.89 bits per heavy atom. The number of halogens is 5. The van der Waals surface area contributed by atoms with Gasteiger partial charge < -0.3 is 21.8 Å². The molecule has 2 atom stereocenters. The first kappa shape index (κ1) is 34.1. The molecule has 2 heterocycles. The van der Waals surface area contributed by atoms with Gasteiger partial charge in [0.05, 0.1) is 22.2 Å². The maximum Gasteiger partial charge on any atom is 0.403 e. The van der Waals surface area contributed by atoms with E-state index in [2.05, 4.69) is 27.2 Å². The summed E-state index contributed by atoms with van der Waals surface area (Å²) in [5.41, 5.74) is 13.3. The standard InChI is InChI=1S/C32H38ClF4N7O/c1-3-6-26(41-14-5-13-40-19(2)38)21-9-11-23(12-10-21)44-18-22-17-27(42-30(22)43-31(44)45)24-15-20(16-25(33)29(24)34)7-4-8-28(39)32(35,36)37/h9-12,15-18,26,28,41H,3-8,13-14,39H2,1-2H3,(H2,38,40)(H,42,43,45). The summed E-state index contributed by atoms with van der Waals surface area (Å²) in [6.07, 6.45) is 0.0689. The van der Waals surface area contributed by atoms with E-state index in [9.17, 15) is 18.0 Å². The number of aromatic amines is 1. The lowest BCUT2D eigenvalue weighted by molar-refractivity contribution is -0.149. The molecule has 8 nitrogen and oxygen atoms in total. The van der Waals surface area contributed by atoms with Crippen molar-refractivity contribution in [1.29, 1.82) is 0 Å². The minimum absolute atomic E-state index is 0.124. The molecule has 0 spiro atoms. The highest BCUT2D eigenvalue weighted by Crippen LogP contribution is 2.32. The molecule has 0 fully saturated rings. The van der Waals surface area contributed by atoms with Gasteiger partial charge in [0.15, 0.2) is 5.82 Å². The van der Waals surface area contributed by atoms with Gasteiger partial charge in [0.25, 0.3) is 0 Å². The summed E-state index contributed by atoms with van der Waals surface area (Å²) < 4.78 is 54.8. The van der Waals surface area contributed by atoms with Crippen molar-refractivity contribution in [2.45, 2.75) is 70.6 Å². The Kier molecular flexibility index (Phi) is 11.4. The minimum atomic E-state index is -4.48. The van der Waals surface area contributed by atoms with Gasteiger partial charge in [-0.2, -0.15) is 18.2 Å². The van der Waals surface area contributed by atoms with Crippen LogP contribution in [0, 0.1) is 5.82 Å². The van der Waals surface area contributed by atoms with Crippen molar-refractivity contribution in [2.24, 2.45) is 16.5 Å². The number of aliphatic imine (C=N–C) groups is 1. The van der Waals surface area contributed by atoms with Crippen LogP contribution in [-0.2, 0) is 6.42 Å². The normalized spacial score (nSPS) is 13.8. The molecule has 2 aromatic carbocycles. The summed E-state index contributed by atoms with van der Waals surface area (Å²) in [6, 6.07) is 10.5. The summed E-state index contributed by atoms with van der Waals surface area (Å²) in [6.45, 7) is 5.35. The summed E-state index contributed by atoms with van der Waals surface area (Å²) in [7, 11) is 0. The number of H-pyrrole nitrogens is 1. The van der Waals surface area contributed by atoms with E-state index in [4.69, 9.17) is 23.1 Å². The smallest absolute Gasteiger partial charge is 0.388 e. The summed E-state index contributed by atoms with van der Waals surface area (Å²) in [5.74, 6) is -0.121. The van der Waals surface area contributed by atoms with Crippen LogP contribution in [0.4, 0.5) is 17.6 Å². The highest BCUT2D eigenvalue weighted by atomic mass is 35.5. The maximum atomic E-state index is 15.1. The molecule has 0 saturated carbocycles. The lowest BCUT2D eigenvalue weighted by Gasteiger charge is -2.19. The molecular weight excluding hydrogens is 610 g/mol. The Balaban J connectivity index is 1.54. The van der Waals surface area contributed by atoms with Crippen LogP contribution < -0.4 is 22.5 Å². The fourth-order valence-corrected chi connectivity index (χ4v) is 5.39. The predicted octanol–water partition coefficient (Wildman–Crippen LogP) is 6.58. The third kappa shape index (κ3) is 8.93. The van der Waals surface area contributed by atoms with Crippen LogP contribution in [0.15, 0.2) is 58.4 Å². The average Bonchev–Trinajstić information content (AvgIpc) is 3.39. The molecule has 13 heteroatoms. The molecule has 0 radical (unpaired) electrons. The van der Waals surface area contributed by atoms with Crippen LogP contribution in [-0.4, -0.2) is 45.7 Å². The highest BCUT2D eigenvalue weighted by molar-refractivity contribution is 6.31. The van der Waals surface area contributed by atoms with Gasteiger partial charge in [0.1, 0.15) is 11.7 Å². The molecule has 4 aromatic rings. The first-order chi connectivity index (χ1) is 21.4. The summed E-state index contributed by atoms with van der Waals surface area (Å²) >= 11 is 6.14. The first-order valence-corrected chi connectivity index (χ1v) is 15.3. The molecule has 0 aliphatic carbocycles. The molecule has 2 unspecified atom stereocenters. The van der Waals surface area contributed by atoms with E-state index >= 15 is 4.39 Å². The van der Waals surface area contributed by atoms with E-state index < -0.39 is 23.7 Å². The summed E-state index contributed by atoms with van der Waals surface area (Å²) in [5, 5.41) is 3.97. The maximum absolute atomic E-state index is 15.1. The molecular formula is C32H38ClF4N7O. The Bertz CT molecular complexity index is 1680. The number of alkyl halides is 3. The molecule has 0 bridgehead atoms. The van der Waals surface area contributed by atoms with Crippen molar-refractivity contribution < 1.29 is 17.6 Å². The van der Waals surface area contributed by atoms with E-state index in [1.54, 1.807) is 19.2 Å². The number of amidine groups is 1. The number of rotatable bonds is 14. The fourth-order valence-electron chi connectivity index (χ4n) is 5.15. The van der Waals surface area contributed by atoms with Crippen molar-refractivity contribution in [3.8, 4) is 16.9 Å². The minimum Gasteiger partial charge on any atom is -0.388 e. The number of nitrogens with zero attached hydrogens (tertiary/aromatic N) is 3. The second kappa shape index (κ2) is 15.0. The van der Waals surface area contributed by atoms with Crippen LogP contribution in [0.3, 0.4) is 0 Å². The lowest BCUT2D eigenvalue weighted by atomic mass is 10.0. The van der Waals surface area contributed by atoms with E-state index in [1.165, 1.54) is 16.7 Å². The molecule has 6 N–H and O–H groups in total. The Hall–Kier alpha value is -3.74. The molecule has 0 amide bonds. The Morgan fingerprint density at radius 1 is 1.16 bits per heavy atom. The van der Waals surface area contributed by atoms with E-state index in [1.807, 2.05) is 24.3 Å². The topological polar surface area (TPSA) is 127 Å². The Labute approximate surface area is 263 Å². The van der Waals surface area contributed by atoms with Crippen molar-refractivity contribution in [3.63, 3.8) is 0 Å². The zero-order valence-electron chi connectivity index (χ0n) is 25.2. The second-order valence-corrected chi connectivity index (χ2v) is 11.5. The number of hydrogen-bond donors (Lipinski definition) is 4. The van der Waals surface area contributed by atoms with E-state index in [0.29, 0.717) is 34.7 Å². The van der Waals surface area contributed by atoms with Gasteiger partial charge in [-0.1, -0.05) is 37.1 Å². The molecule has 242 valence electrons. The van der Waals surface area contributed by atoms with Gasteiger partial charge in [-0.3, -0.25) is 9.56 Å². The molecule has 0 aliphatic heterocycles. The third-order valence-corrected chi connectivity index (χ3v) is 7.80.